The van der Waals surface area contributed by atoms with Gasteiger partial charge in [0.1, 0.15) is 13.2 Å². The molecule has 0 aromatic heterocycles. The summed E-state index contributed by atoms with van der Waals surface area (Å²) in [6.45, 7) is 1.89. The summed E-state index contributed by atoms with van der Waals surface area (Å²) >= 11 is 0. The van der Waals surface area contributed by atoms with Crippen LogP contribution in [-0.2, 0) is 6.42 Å². The number of halogens is 2. The van der Waals surface area contributed by atoms with E-state index in [4.69, 9.17) is 9.47 Å². The maximum absolute atomic E-state index is 12.8. The number of rotatable bonds is 2. The van der Waals surface area contributed by atoms with Crippen molar-refractivity contribution in [2.45, 2.75) is 19.3 Å². The summed E-state index contributed by atoms with van der Waals surface area (Å²) in [6.07, 6.45) is -0.274. The van der Waals surface area contributed by atoms with Gasteiger partial charge in [-0.25, -0.2) is 8.78 Å². The Morgan fingerprint density at radius 1 is 1.20 bits per heavy atom. The third-order valence-electron chi connectivity index (χ3n) is 2.12. The van der Waals surface area contributed by atoms with E-state index in [-0.39, 0.29) is 6.42 Å². The van der Waals surface area contributed by atoms with Gasteiger partial charge in [0, 0.05) is 6.42 Å². The van der Waals surface area contributed by atoms with Crippen LogP contribution in [0.1, 0.15) is 12.5 Å². The Morgan fingerprint density at radius 3 is 2.53 bits per heavy atom. The Hall–Kier alpha value is -1.32. The van der Waals surface area contributed by atoms with Crippen molar-refractivity contribution < 1.29 is 18.3 Å². The van der Waals surface area contributed by atoms with Gasteiger partial charge in [-0.2, -0.15) is 0 Å². The smallest absolute Gasteiger partial charge is 0.249 e. The van der Waals surface area contributed by atoms with Gasteiger partial charge in [-0.05, 0) is 24.6 Å². The summed E-state index contributed by atoms with van der Waals surface area (Å²) in [6, 6.07) is 4.94. The first kappa shape index (κ1) is 10.2. The van der Waals surface area contributed by atoms with Crippen LogP contribution in [0.25, 0.3) is 0 Å². The molecule has 0 saturated carbocycles. The maximum Gasteiger partial charge on any atom is 0.249 e. The monoisotopic (exact) mass is 214 g/mol. The van der Waals surface area contributed by atoms with Crippen molar-refractivity contribution in [2.75, 3.05) is 13.2 Å². The quantitative estimate of drug-likeness (QED) is 0.753. The second-order valence-corrected chi connectivity index (χ2v) is 3.72. The van der Waals surface area contributed by atoms with Crippen LogP contribution in [0.5, 0.6) is 11.5 Å². The van der Waals surface area contributed by atoms with Crippen LogP contribution >= 0.6 is 0 Å². The normalized spacial score (nSPS) is 15.1. The van der Waals surface area contributed by atoms with Crippen molar-refractivity contribution in [1.82, 2.24) is 0 Å². The molecule has 0 atom stereocenters. The highest BCUT2D eigenvalue weighted by molar-refractivity contribution is 5.44. The van der Waals surface area contributed by atoms with E-state index in [0.717, 1.165) is 6.92 Å². The summed E-state index contributed by atoms with van der Waals surface area (Å²) < 4.78 is 36.1. The molecule has 1 heterocycles. The second-order valence-electron chi connectivity index (χ2n) is 3.72. The second kappa shape index (κ2) is 3.68. The third kappa shape index (κ3) is 2.58. The van der Waals surface area contributed by atoms with Gasteiger partial charge in [-0.1, -0.05) is 6.07 Å². The molecule has 0 spiro atoms. The number of hydrogen-bond acceptors (Lipinski definition) is 2. The molecule has 1 aromatic rings. The standard InChI is InChI=1S/C11H12F2O2/c1-11(12,13)7-8-2-3-9-10(6-8)15-5-4-14-9/h2-3,6H,4-5,7H2,1H3. The average molecular weight is 214 g/mol. The number of hydrogen-bond donors (Lipinski definition) is 0. The van der Waals surface area contributed by atoms with E-state index >= 15 is 0 Å². The molecular formula is C11H12F2O2. The molecular weight excluding hydrogens is 202 g/mol. The van der Waals surface area contributed by atoms with Crippen LogP contribution in [0.15, 0.2) is 18.2 Å². The topological polar surface area (TPSA) is 18.5 Å². The molecule has 2 rings (SSSR count). The van der Waals surface area contributed by atoms with E-state index in [2.05, 4.69) is 0 Å². The van der Waals surface area contributed by atoms with E-state index in [9.17, 15) is 8.78 Å². The molecule has 1 aromatic carbocycles. The Labute approximate surface area is 86.8 Å². The van der Waals surface area contributed by atoms with Crippen molar-refractivity contribution in [3.05, 3.63) is 23.8 Å². The van der Waals surface area contributed by atoms with E-state index in [1.807, 2.05) is 0 Å². The van der Waals surface area contributed by atoms with Gasteiger partial charge in [0.25, 0.3) is 0 Å². The first-order valence-electron chi connectivity index (χ1n) is 4.81. The van der Waals surface area contributed by atoms with Gasteiger partial charge < -0.3 is 9.47 Å². The molecule has 0 bridgehead atoms. The fourth-order valence-corrected chi connectivity index (χ4v) is 1.56. The van der Waals surface area contributed by atoms with E-state index in [1.165, 1.54) is 0 Å². The first-order valence-corrected chi connectivity index (χ1v) is 4.81. The molecule has 0 amide bonds. The molecule has 82 valence electrons. The van der Waals surface area contributed by atoms with Gasteiger partial charge in [0.05, 0.1) is 0 Å². The molecule has 0 aliphatic carbocycles. The van der Waals surface area contributed by atoms with Crippen LogP contribution < -0.4 is 9.47 Å². The Balaban J connectivity index is 2.21. The van der Waals surface area contributed by atoms with E-state index < -0.39 is 5.92 Å². The van der Waals surface area contributed by atoms with Crippen LogP contribution in [-0.4, -0.2) is 19.1 Å². The lowest BCUT2D eigenvalue weighted by atomic mass is 10.1. The van der Waals surface area contributed by atoms with Crippen LogP contribution in [0.3, 0.4) is 0 Å². The minimum atomic E-state index is -2.69. The van der Waals surface area contributed by atoms with Crippen molar-refractivity contribution in [1.29, 1.82) is 0 Å². The minimum Gasteiger partial charge on any atom is -0.486 e. The van der Waals surface area contributed by atoms with Crippen molar-refractivity contribution in [3.8, 4) is 11.5 Å². The maximum atomic E-state index is 12.8. The van der Waals surface area contributed by atoms with E-state index in [1.54, 1.807) is 18.2 Å². The summed E-state index contributed by atoms with van der Waals surface area (Å²) in [5, 5.41) is 0. The Morgan fingerprint density at radius 2 is 1.87 bits per heavy atom. The van der Waals surface area contributed by atoms with Crippen molar-refractivity contribution in [2.24, 2.45) is 0 Å². The molecule has 0 N–H and O–H groups in total. The fourth-order valence-electron chi connectivity index (χ4n) is 1.56. The van der Waals surface area contributed by atoms with Crippen LogP contribution in [0.4, 0.5) is 8.78 Å². The van der Waals surface area contributed by atoms with Gasteiger partial charge in [0.2, 0.25) is 5.92 Å². The molecule has 4 heteroatoms. The third-order valence-corrected chi connectivity index (χ3v) is 2.12. The predicted molar refractivity (Wildman–Crippen MR) is 51.8 cm³/mol. The summed E-state index contributed by atoms with van der Waals surface area (Å²) in [5.41, 5.74) is 0.562. The van der Waals surface area contributed by atoms with Gasteiger partial charge in [-0.15, -0.1) is 0 Å². The summed E-state index contributed by atoms with van der Waals surface area (Å²) in [4.78, 5) is 0. The highest BCUT2D eigenvalue weighted by Gasteiger charge is 2.22. The van der Waals surface area contributed by atoms with Crippen LogP contribution in [0, 0.1) is 0 Å². The van der Waals surface area contributed by atoms with Gasteiger partial charge in [0.15, 0.2) is 11.5 Å². The molecule has 15 heavy (non-hydrogen) atoms. The zero-order chi connectivity index (χ0) is 10.9. The number of alkyl halides is 2. The van der Waals surface area contributed by atoms with Gasteiger partial charge >= 0.3 is 0 Å². The summed E-state index contributed by atoms with van der Waals surface area (Å²) in [5.74, 6) is -1.50. The molecule has 0 saturated heterocycles. The number of benzene rings is 1. The molecule has 1 aliphatic rings. The molecule has 1 aliphatic heterocycles. The van der Waals surface area contributed by atoms with Crippen molar-refractivity contribution >= 4 is 0 Å². The lowest BCUT2D eigenvalue weighted by Crippen LogP contribution is -2.17. The SMILES string of the molecule is CC(F)(F)Cc1ccc2c(c1)OCCO2. The fraction of sp³-hybridized carbons (Fsp3) is 0.455. The molecule has 2 nitrogen and oxygen atoms in total. The minimum absolute atomic E-state index is 0.274. The number of ether oxygens (including phenoxy) is 2. The number of fused-ring (bicyclic) bond motifs is 1. The van der Waals surface area contributed by atoms with Crippen molar-refractivity contribution in [3.63, 3.8) is 0 Å². The highest BCUT2D eigenvalue weighted by atomic mass is 19.3. The predicted octanol–water partition coefficient (Wildman–Crippen LogP) is 2.66. The molecule has 0 fully saturated rings. The lowest BCUT2D eigenvalue weighted by molar-refractivity contribution is 0.0225. The molecule has 0 radical (unpaired) electrons. The Kier molecular flexibility index (Phi) is 2.50. The Bertz CT molecular complexity index is 358. The highest BCUT2D eigenvalue weighted by Crippen LogP contribution is 2.32. The zero-order valence-corrected chi connectivity index (χ0v) is 8.43. The average Bonchev–Trinajstić information content (AvgIpc) is 2.15. The van der Waals surface area contributed by atoms with Crippen LogP contribution in [0.2, 0.25) is 0 Å². The lowest BCUT2D eigenvalue weighted by Gasteiger charge is -2.19. The first-order chi connectivity index (χ1) is 7.04. The van der Waals surface area contributed by atoms with Gasteiger partial charge in [-0.3, -0.25) is 0 Å². The summed E-state index contributed by atoms with van der Waals surface area (Å²) in [7, 11) is 0. The van der Waals surface area contributed by atoms with E-state index in [0.29, 0.717) is 30.3 Å². The zero-order valence-electron chi connectivity index (χ0n) is 8.43. The molecule has 0 unspecified atom stereocenters. The largest absolute Gasteiger partial charge is 0.486 e.